The Hall–Kier alpha value is -2.65. The minimum Gasteiger partial charge on any atom is -0.491 e. The summed E-state index contributed by atoms with van der Waals surface area (Å²) in [7, 11) is 1.34. The van der Waals surface area contributed by atoms with Crippen molar-refractivity contribution < 1.29 is 42.9 Å². The van der Waals surface area contributed by atoms with Crippen molar-refractivity contribution in [3.63, 3.8) is 0 Å². The highest BCUT2D eigenvalue weighted by Gasteiger charge is 2.90. The normalized spacial score (nSPS) is 46.9. The van der Waals surface area contributed by atoms with Gasteiger partial charge in [-0.2, -0.15) is 0 Å². The van der Waals surface area contributed by atoms with Gasteiger partial charge < -0.3 is 28.5 Å². The zero-order valence-electron chi connectivity index (χ0n) is 24.3. The molecule has 2 aliphatic heterocycles. The van der Waals surface area contributed by atoms with Gasteiger partial charge in [0.2, 0.25) is 0 Å². The monoisotopic (exact) mass is 556 g/mol. The molecule has 6 rings (SSSR count). The maximum atomic E-state index is 14.7. The lowest BCUT2D eigenvalue weighted by molar-refractivity contribution is -0.248. The molecule has 3 heterocycles. The maximum Gasteiger partial charge on any atom is 0.306 e. The standard InChI is InChI=1S/C31H40O9/c1-8-16(2)38-25-27(3,4)19(13-21(32)36-7)29(6)18-9-11-28(5)20(31(18)26(40-31)30(25,35)24(29)34)14-22(33)39-23(28)17-10-12-37-15-17/h8,10,12,15,18-20,23,25-26,35H,9,11,13-14H2,1-7H3/b16-8+/t18-,19+,20-,23+,25+,26-,28-,29-,30+,31-/m1/s1. The Balaban J connectivity index is 1.54. The van der Waals surface area contributed by atoms with Crippen LogP contribution in [0.25, 0.3) is 0 Å². The van der Waals surface area contributed by atoms with Crippen LogP contribution in [0.1, 0.15) is 78.9 Å². The molecule has 1 spiro atoms. The van der Waals surface area contributed by atoms with E-state index in [2.05, 4.69) is 6.92 Å². The average Bonchev–Trinajstić information content (AvgIpc) is 3.40. The Labute approximate surface area is 234 Å². The van der Waals surface area contributed by atoms with Gasteiger partial charge in [0.05, 0.1) is 31.8 Å². The van der Waals surface area contributed by atoms with E-state index >= 15 is 0 Å². The molecule has 2 bridgehead atoms. The number of hydrogen-bond acceptors (Lipinski definition) is 9. The lowest BCUT2D eigenvalue weighted by Gasteiger charge is -2.66. The second kappa shape index (κ2) is 8.44. The van der Waals surface area contributed by atoms with Gasteiger partial charge in [0.15, 0.2) is 11.4 Å². The molecule has 9 nitrogen and oxygen atoms in total. The van der Waals surface area contributed by atoms with Gasteiger partial charge in [-0.3, -0.25) is 14.4 Å². The predicted molar refractivity (Wildman–Crippen MR) is 140 cm³/mol. The minimum absolute atomic E-state index is 0.00453. The van der Waals surface area contributed by atoms with Crippen molar-refractivity contribution in [3.05, 3.63) is 36.0 Å². The molecule has 218 valence electrons. The van der Waals surface area contributed by atoms with E-state index in [0.717, 1.165) is 5.56 Å². The molecule has 9 heteroatoms. The van der Waals surface area contributed by atoms with Gasteiger partial charge >= 0.3 is 11.9 Å². The molecular weight excluding hydrogens is 516 g/mol. The Morgan fingerprint density at radius 2 is 1.93 bits per heavy atom. The molecule has 1 aromatic rings. The van der Waals surface area contributed by atoms with E-state index in [4.69, 9.17) is 23.4 Å². The van der Waals surface area contributed by atoms with Crippen LogP contribution in [0.15, 0.2) is 34.8 Å². The molecule has 5 aliphatic rings. The van der Waals surface area contributed by atoms with Crippen LogP contribution in [0.5, 0.6) is 0 Å². The highest BCUT2D eigenvalue weighted by Crippen LogP contribution is 2.78. The topological polar surface area (TPSA) is 125 Å². The van der Waals surface area contributed by atoms with Crippen LogP contribution < -0.4 is 0 Å². The van der Waals surface area contributed by atoms with Crippen LogP contribution in [0.3, 0.4) is 0 Å². The van der Waals surface area contributed by atoms with E-state index in [1.165, 1.54) is 7.11 Å². The number of rotatable bonds is 5. The summed E-state index contributed by atoms with van der Waals surface area (Å²) in [4.78, 5) is 40.6. The fourth-order valence-electron chi connectivity index (χ4n) is 9.69. The number of carbonyl (C=O) groups is 3. The molecule has 40 heavy (non-hydrogen) atoms. The fraction of sp³-hybridized carbons (Fsp3) is 0.710. The predicted octanol–water partition coefficient (Wildman–Crippen LogP) is 4.29. The van der Waals surface area contributed by atoms with Crippen molar-refractivity contribution in [3.8, 4) is 0 Å². The van der Waals surface area contributed by atoms with Crippen LogP contribution in [-0.4, -0.2) is 53.3 Å². The number of methoxy groups -OCH3 is 1. The minimum atomic E-state index is -1.98. The van der Waals surface area contributed by atoms with Crippen molar-refractivity contribution in [1.29, 1.82) is 0 Å². The molecule has 3 saturated carbocycles. The first-order valence-electron chi connectivity index (χ1n) is 14.3. The Kier molecular flexibility index (Phi) is 5.81. The largest absolute Gasteiger partial charge is 0.491 e. The van der Waals surface area contributed by atoms with E-state index in [-0.39, 0.29) is 36.4 Å². The van der Waals surface area contributed by atoms with Crippen LogP contribution in [0.4, 0.5) is 0 Å². The van der Waals surface area contributed by atoms with Gasteiger partial charge in [0.25, 0.3) is 0 Å². The number of carbonyl (C=O) groups excluding carboxylic acids is 3. The van der Waals surface area contributed by atoms with Gasteiger partial charge in [0, 0.05) is 40.1 Å². The first-order chi connectivity index (χ1) is 18.7. The highest BCUT2D eigenvalue weighted by atomic mass is 16.6. The zero-order chi connectivity index (χ0) is 29.0. The van der Waals surface area contributed by atoms with Crippen molar-refractivity contribution in [2.75, 3.05) is 7.11 Å². The second-order valence-electron chi connectivity index (χ2n) is 13.6. The number of esters is 2. The number of aliphatic hydroxyl groups is 1. The first-order valence-corrected chi connectivity index (χ1v) is 14.3. The van der Waals surface area contributed by atoms with Crippen LogP contribution in [0, 0.1) is 34.0 Å². The van der Waals surface area contributed by atoms with Crippen molar-refractivity contribution in [2.24, 2.45) is 34.0 Å². The van der Waals surface area contributed by atoms with Gasteiger partial charge in [-0.15, -0.1) is 0 Å². The third kappa shape index (κ3) is 3.13. The zero-order valence-corrected chi connectivity index (χ0v) is 24.3. The van der Waals surface area contributed by atoms with Crippen molar-refractivity contribution >= 4 is 17.7 Å². The molecule has 0 unspecified atom stereocenters. The number of ketones is 1. The van der Waals surface area contributed by atoms with E-state index in [1.807, 2.05) is 33.8 Å². The van der Waals surface area contributed by atoms with Crippen LogP contribution >= 0.6 is 0 Å². The van der Waals surface area contributed by atoms with E-state index in [1.54, 1.807) is 25.5 Å². The van der Waals surface area contributed by atoms with Crippen molar-refractivity contribution in [2.45, 2.75) is 96.7 Å². The van der Waals surface area contributed by atoms with E-state index < -0.39 is 57.6 Å². The molecule has 5 fully saturated rings. The summed E-state index contributed by atoms with van der Waals surface area (Å²) in [5.41, 5.74) is -4.61. The first kappa shape index (κ1) is 27.5. The Morgan fingerprint density at radius 1 is 1.20 bits per heavy atom. The lowest BCUT2D eigenvalue weighted by Crippen LogP contribution is -2.79. The molecule has 1 aromatic heterocycles. The molecule has 0 amide bonds. The number of epoxide rings is 1. The Morgan fingerprint density at radius 3 is 2.55 bits per heavy atom. The highest BCUT2D eigenvalue weighted by molar-refractivity contribution is 5.98. The lowest BCUT2D eigenvalue weighted by atomic mass is 9.36. The molecule has 0 aromatic carbocycles. The van der Waals surface area contributed by atoms with Gasteiger partial charge in [-0.25, -0.2) is 0 Å². The summed E-state index contributed by atoms with van der Waals surface area (Å²) in [5, 5.41) is 12.6. The molecule has 10 atom stereocenters. The van der Waals surface area contributed by atoms with E-state index in [9.17, 15) is 19.5 Å². The van der Waals surface area contributed by atoms with Gasteiger partial charge in [0.1, 0.15) is 23.9 Å². The maximum absolute atomic E-state index is 14.7. The number of Topliss-reactive ketones (excluding diaryl/α,β-unsaturated/α-hetero) is 1. The smallest absolute Gasteiger partial charge is 0.306 e. The molecule has 2 saturated heterocycles. The molecule has 0 radical (unpaired) electrons. The molecule has 1 N–H and O–H groups in total. The average molecular weight is 557 g/mol. The van der Waals surface area contributed by atoms with Crippen LogP contribution in [-0.2, 0) is 33.3 Å². The quantitative estimate of drug-likeness (QED) is 0.321. The second-order valence-corrected chi connectivity index (χ2v) is 13.6. The Bertz CT molecular complexity index is 1280. The fourth-order valence-corrected chi connectivity index (χ4v) is 9.69. The number of fused-ring (bicyclic) bond motifs is 5. The van der Waals surface area contributed by atoms with Gasteiger partial charge in [-0.1, -0.05) is 27.7 Å². The third-order valence-corrected chi connectivity index (χ3v) is 11.6. The summed E-state index contributed by atoms with van der Waals surface area (Å²) in [6.45, 7) is 11.5. The number of furan rings is 1. The van der Waals surface area contributed by atoms with E-state index in [0.29, 0.717) is 18.6 Å². The summed E-state index contributed by atoms with van der Waals surface area (Å²) in [6, 6.07) is 1.81. The summed E-state index contributed by atoms with van der Waals surface area (Å²) in [6.07, 6.45) is 3.97. The van der Waals surface area contributed by atoms with Crippen LogP contribution in [0.2, 0.25) is 0 Å². The number of ether oxygens (including phenoxy) is 4. The third-order valence-electron chi connectivity index (χ3n) is 11.6. The number of allylic oxidation sites excluding steroid dienone is 2. The number of cyclic esters (lactones) is 1. The number of hydrogen-bond donors (Lipinski definition) is 1. The summed E-state index contributed by atoms with van der Waals surface area (Å²) in [5.74, 6) is -1.71. The molecule has 3 aliphatic carbocycles. The van der Waals surface area contributed by atoms with Gasteiger partial charge in [-0.05, 0) is 44.7 Å². The van der Waals surface area contributed by atoms with Crippen molar-refractivity contribution in [1.82, 2.24) is 0 Å². The summed E-state index contributed by atoms with van der Waals surface area (Å²) < 4.78 is 29.5. The summed E-state index contributed by atoms with van der Waals surface area (Å²) >= 11 is 0. The SMILES string of the molecule is C/C=C(\C)O[C@H]1C(C)(C)[C@H](CC(=O)OC)[C@]2(C)C(=O)[C@@]1(O)[C@H]1O[C@]13[C@@H]1CC(=O)O[C@@H](c4ccoc4)[C@]1(C)CC[C@H]23. The molecular formula is C31H40O9.